The predicted molar refractivity (Wildman–Crippen MR) is 96.1 cm³/mol. The monoisotopic (exact) mass is 424 g/mol. The zero-order chi connectivity index (χ0) is 18.0. The van der Waals surface area contributed by atoms with Crippen LogP contribution < -0.4 is 10.1 Å². The highest BCUT2D eigenvalue weighted by molar-refractivity contribution is 9.10. The van der Waals surface area contributed by atoms with E-state index in [2.05, 4.69) is 26.2 Å². The summed E-state index contributed by atoms with van der Waals surface area (Å²) in [5, 5.41) is 4.51. The molecule has 0 aliphatic heterocycles. The first kappa shape index (κ1) is 17.5. The van der Waals surface area contributed by atoms with Crippen LogP contribution in [0.5, 0.6) is 5.75 Å². The lowest BCUT2D eigenvalue weighted by molar-refractivity contribution is 0.102. The number of methoxy groups -OCH3 is 1. The van der Waals surface area contributed by atoms with E-state index in [0.717, 1.165) is 11.3 Å². The van der Waals surface area contributed by atoms with Crippen LogP contribution in [0, 0.1) is 11.6 Å². The third kappa shape index (κ3) is 3.85. The number of ether oxygens (including phenoxy) is 1. The molecule has 3 rings (SSSR count). The Morgan fingerprint density at radius 2 is 2.00 bits per heavy atom. The van der Waals surface area contributed by atoms with Crippen molar-refractivity contribution in [3.8, 4) is 17.0 Å². The number of anilines is 1. The quantitative estimate of drug-likeness (QED) is 0.632. The number of carbonyl (C=O) groups is 1. The molecular formula is C17H11BrF2N2O2S. The zero-order valence-corrected chi connectivity index (χ0v) is 15.2. The highest BCUT2D eigenvalue weighted by atomic mass is 79.9. The molecule has 128 valence electrons. The summed E-state index contributed by atoms with van der Waals surface area (Å²) in [6, 6.07) is 8.55. The van der Waals surface area contributed by atoms with Gasteiger partial charge in [-0.05, 0) is 36.4 Å². The van der Waals surface area contributed by atoms with Crippen molar-refractivity contribution in [2.45, 2.75) is 0 Å². The van der Waals surface area contributed by atoms with Gasteiger partial charge < -0.3 is 4.74 Å². The lowest BCUT2D eigenvalue weighted by Crippen LogP contribution is -2.13. The maximum absolute atomic E-state index is 13.8. The second-order valence-corrected chi connectivity index (χ2v) is 6.74. The van der Waals surface area contributed by atoms with E-state index in [9.17, 15) is 13.6 Å². The van der Waals surface area contributed by atoms with Gasteiger partial charge in [0, 0.05) is 15.4 Å². The summed E-state index contributed by atoms with van der Waals surface area (Å²) < 4.78 is 33.0. The molecule has 3 aromatic rings. The molecule has 0 saturated heterocycles. The summed E-state index contributed by atoms with van der Waals surface area (Å²) in [5.41, 5.74) is 0.946. The normalized spacial score (nSPS) is 10.6. The summed E-state index contributed by atoms with van der Waals surface area (Å²) in [6.45, 7) is 0. The summed E-state index contributed by atoms with van der Waals surface area (Å²) in [4.78, 5) is 16.4. The van der Waals surface area contributed by atoms with E-state index in [1.54, 1.807) is 11.4 Å². The molecule has 2 aromatic carbocycles. The van der Waals surface area contributed by atoms with Crippen LogP contribution in [0.1, 0.15) is 10.4 Å². The predicted octanol–water partition coefficient (Wildman–Crippen LogP) is 5.11. The largest absolute Gasteiger partial charge is 0.494 e. The summed E-state index contributed by atoms with van der Waals surface area (Å²) in [7, 11) is 1.38. The zero-order valence-electron chi connectivity index (χ0n) is 12.8. The molecular weight excluding hydrogens is 414 g/mol. The fourth-order valence-corrected chi connectivity index (χ4v) is 3.20. The van der Waals surface area contributed by atoms with Gasteiger partial charge in [-0.15, -0.1) is 11.3 Å². The molecule has 1 heterocycles. The molecule has 1 N–H and O–H groups in total. The van der Waals surface area contributed by atoms with Crippen molar-refractivity contribution < 1.29 is 18.3 Å². The van der Waals surface area contributed by atoms with Crippen LogP contribution in [0.2, 0.25) is 0 Å². The molecule has 0 aliphatic carbocycles. The molecule has 1 amide bonds. The van der Waals surface area contributed by atoms with Crippen molar-refractivity contribution in [3.05, 3.63) is 63.4 Å². The number of nitrogens with one attached hydrogen (secondary N) is 1. The molecule has 0 aliphatic rings. The Morgan fingerprint density at radius 1 is 1.20 bits per heavy atom. The Labute approximate surface area is 154 Å². The summed E-state index contributed by atoms with van der Waals surface area (Å²) in [5.74, 6) is -1.61. The van der Waals surface area contributed by atoms with Crippen LogP contribution in [0.3, 0.4) is 0 Å². The van der Waals surface area contributed by atoms with Crippen LogP contribution >= 0.6 is 27.3 Å². The Hall–Kier alpha value is -2.32. The van der Waals surface area contributed by atoms with Gasteiger partial charge >= 0.3 is 0 Å². The molecule has 0 spiro atoms. The average Bonchev–Trinajstić information content (AvgIpc) is 3.05. The Bertz CT molecular complexity index is 946. The molecule has 0 unspecified atom stereocenters. The van der Waals surface area contributed by atoms with E-state index < -0.39 is 17.5 Å². The van der Waals surface area contributed by atoms with E-state index in [1.165, 1.54) is 37.4 Å². The van der Waals surface area contributed by atoms with Gasteiger partial charge in [0.1, 0.15) is 5.82 Å². The van der Waals surface area contributed by atoms with Crippen molar-refractivity contribution in [1.82, 2.24) is 4.98 Å². The van der Waals surface area contributed by atoms with Crippen LogP contribution in [0.25, 0.3) is 11.3 Å². The first-order valence-corrected chi connectivity index (χ1v) is 8.71. The third-order valence-corrected chi connectivity index (χ3v) is 4.60. The third-order valence-electron chi connectivity index (χ3n) is 3.35. The second kappa shape index (κ2) is 7.28. The number of thiazole rings is 1. The lowest BCUT2D eigenvalue weighted by Gasteiger charge is -2.04. The molecule has 25 heavy (non-hydrogen) atoms. The number of nitrogens with zero attached hydrogens (tertiary/aromatic N) is 1. The fraction of sp³-hybridized carbons (Fsp3) is 0.0588. The van der Waals surface area contributed by atoms with Crippen LogP contribution in [-0.2, 0) is 0 Å². The summed E-state index contributed by atoms with van der Waals surface area (Å²) in [6.07, 6.45) is 0. The van der Waals surface area contributed by atoms with Gasteiger partial charge in [0.05, 0.1) is 18.4 Å². The minimum absolute atomic E-state index is 0.0957. The van der Waals surface area contributed by atoms with Crippen LogP contribution in [0.15, 0.2) is 46.3 Å². The molecule has 4 nitrogen and oxygen atoms in total. The van der Waals surface area contributed by atoms with Gasteiger partial charge in [0.2, 0.25) is 0 Å². The van der Waals surface area contributed by atoms with E-state index in [-0.39, 0.29) is 16.4 Å². The van der Waals surface area contributed by atoms with E-state index in [1.807, 2.05) is 0 Å². The molecule has 1 aromatic heterocycles. The van der Waals surface area contributed by atoms with Gasteiger partial charge in [-0.2, -0.15) is 0 Å². The van der Waals surface area contributed by atoms with E-state index in [0.29, 0.717) is 15.7 Å². The molecule has 8 heteroatoms. The minimum atomic E-state index is -0.630. The fourth-order valence-electron chi connectivity index (χ4n) is 2.13. The minimum Gasteiger partial charge on any atom is -0.494 e. The standard InChI is InChI=1S/C17H11BrF2N2O2S/c1-24-15-5-2-9(6-13(15)20)14-8-25-17(21-14)22-16(23)11-7-10(18)3-4-12(11)19/h2-8H,1H3,(H,21,22,23). The van der Waals surface area contributed by atoms with Gasteiger partial charge in [-0.1, -0.05) is 15.9 Å². The number of hydrogen-bond donors (Lipinski definition) is 1. The smallest absolute Gasteiger partial charge is 0.260 e. The Kier molecular flexibility index (Phi) is 5.10. The Balaban J connectivity index is 1.81. The average molecular weight is 425 g/mol. The number of benzene rings is 2. The molecule has 0 fully saturated rings. The van der Waals surface area contributed by atoms with Crippen molar-refractivity contribution >= 4 is 38.3 Å². The van der Waals surface area contributed by atoms with Crippen molar-refractivity contribution in [1.29, 1.82) is 0 Å². The topological polar surface area (TPSA) is 51.2 Å². The number of rotatable bonds is 4. The van der Waals surface area contributed by atoms with Gasteiger partial charge in [0.25, 0.3) is 5.91 Å². The lowest BCUT2D eigenvalue weighted by atomic mass is 10.1. The highest BCUT2D eigenvalue weighted by Gasteiger charge is 2.15. The molecule has 0 bridgehead atoms. The number of aromatic nitrogens is 1. The first-order chi connectivity index (χ1) is 12.0. The maximum Gasteiger partial charge on any atom is 0.260 e. The van der Waals surface area contributed by atoms with Crippen molar-refractivity contribution in [2.24, 2.45) is 0 Å². The van der Waals surface area contributed by atoms with Crippen molar-refractivity contribution in [3.63, 3.8) is 0 Å². The highest BCUT2D eigenvalue weighted by Crippen LogP contribution is 2.28. The van der Waals surface area contributed by atoms with Crippen LogP contribution in [-0.4, -0.2) is 18.0 Å². The second-order valence-electron chi connectivity index (χ2n) is 4.97. The maximum atomic E-state index is 13.8. The molecule has 0 radical (unpaired) electrons. The number of carbonyl (C=O) groups excluding carboxylic acids is 1. The van der Waals surface area contributed by atoms with Gasteiger partial charge in [-0.25, -0.2) is 13.8 Å². The van der Waals surface area contributed by atoms with Crippen molar-refractivity contribution in [2.75, 3.05) is 12.4 Å². The number of amides is 1. The van der Waals surface area contributed by atoms with E-state index >= 15 is 0 Å². The summed E-state index contributed by atoms with van der Waals surface area (Å²) >= 11 is 4.36. The molecule has 0 saturated carbocycles. The van der Waals surface area contributed by atoms with Gasteiger partial charge in [0.15, 0.2) is 16.7 Å². The number of halogens is 3. The number of hydrogen-bond acceptors (Lipinski definition) is 4. The van der Waals surface area contributed by atoms with Gasteiger partial charge in [-0.3, -0.25) is 10.1 Å². The van der Waals surface area contributed by atoms with Crippen LogP contribution in [0.4, 0.5) is 13.9 Å². The van der Waals surface area contributed by atoms with E-state index in [4.69, 9.17) is 4.74 Å². The first-order valence-electron chi connectivity index (χ1n) is 7.04. The molecule has 0 atom stereocenters. The SMILES string of the molecule is COc1ccc(-c2csc(NC(=O)c3cc(Br)ccc3F)n2)cc1F. The Morgan fingerprint density at radius 3 is 2.72 bits per heavy atom.